The van der Waals surface area contributed by atoms with Crippen molar-refractivity contribution in [3.05, 3.63) is 0 Å². The van der Waals surface area contributed by atoms with Crippen molar-refractivity contribution >= 4 is 5.91 Å². The smallest absolute Gasteiger partial charge is 0.251 e. The lowest BCUT2D eigenvalue weighted by Crippen LogP contribution is -2.54. The highest BCUT2D eigenvalue weighted by Crippen LogP contribution is 2.31. The van der Waals surface area contributed by atoms with Gasteiger partial charge in [-0.05, 0) is 38.5 Å². The second-order valence-corrected chi connectivity index (χ2v) is 5.43. The van der Waals surface area contributed by atoms with Gasteiger partial charge < -0.3 is 0 Å². The summed E-state index contributed by atoms with van der Waals surface area (Å²) in [4.78, 5) is 14.1. The van der Waals surface area contributed by atoms with E-state index in [1.165, 1.54) is 12.8 Å². The highest BCUT2D eigenvalue weighted by molar-refractivity contribution is 5.81. The maximum atomic E-state index is 11.8. The Hall–Kier alpha value is -0.610. The van der Waals surface area contributed by atoms with Crippen LogP contribution in [-0.2, 0) is 4.79 Å². The molecule has 1 rings (SSSR count). The summed E-state index contributed by atoms with van der Waals surface area (Å²) >= 11 is 0. The first kappa shape index (κ1) is 13.5. The Bertz CT molecular complexity index is 236. The third-order valence-corrected chi connectivity index (χ3v) is 3.23. The predicted molar refractivity (Wildman–Crippen MR) is 65.5 cm³/mol. The zero-order valence-electron chi connectivity index (χ0n) is 10.9. The van der Waals surface area contributed by atoms with Gasteiger partial charge in [0.25, 0.3) is 5.91 Å². The SMILES string of the molecule is CC(C)C(C(=O)NN)N(CC1CC1)C(C)C. The van der Waals surface area contributed by atoms with Gasteiger partial charge in [0, 0.05) is 12.6 Å². The van der Waals surface area contributed by atoms with Gasteiger partial charge in [0.2, 0.25) is 0 Å². The standard InChI is InChI=1S/C12H25N3O/c1-8(2)11(12(16)14-13)15(9(3)4)7-10-5-6-10/h8-11H,5-7,13H2,1-4H3,(H,14,16). The van der Waals surface area contributed by atoms with Crippen LogP contribution in [0.4, 0.5) is 0 Å². The average molecular weight is 227 g/mol. The number of hydrazine groups is 1. The van der Waals surface area contributed by atoms with E-state index in [-0.39, 0.29) is 17.9 Å². The molecule has 3 N–H and O–H groups in total. The molecule has 1 fully saturated rings. The molecule has 1 unspecified atom stereocenters. The molecule has 0 saturated heterocycles. The molecule has 0 heterocycles. The maximum Gasteiger partial charge on any atom is 0.251 e. The van der Waals surface area contributed by atoms with Gasteiger partial charge in [0.15, 0.2) is 0 Å². The van der Waals surface area contributed by atoms with Gasteiger partial charge in [-0.1, -0.05) is 13.8 Å². The fourth-order valence-electron chi connectivity index (χ4n) is 2.17. The average Bonchev–Trinajstić information content (AvgIpc) is 2.99. The van der Waals surface area contributed by atoms with E-state index in [2.05, 4.69) is 38.0 Å². The Labute approximate surface area is 98.5 Å². The van der Waals surface area contributed by atoms with E-state index in [9.17, 15) is 4.79 Å². The summed E-state index contributed by atoms with van der Waals surface area (Å²) < 4.78 is 0. The molecular weight excluding hydrogens is 202 g/mol. The van der Waals surface area contributed by atoms with Crippen LogP contribution in [0.3, 0.4) is 0 Å². The van der Waals surface area contributed by atoms with Crippen LogP contribution in [0.25, 0.3) is 0 Å². The molecule has 0 bridgehead atoms. The third-order valence-electron chi connectivity index (χ3n) is 3.23. The summed E-state index contributed by atoms with van der Waals surface area (Å²) in [5.41, 5.74) is 2.29. The molecule has 0 radical (unpaired) electrons. The number of rotatable bonds is 6. The highest BCUT2D eigenvalue weighted by Gasteiger charge is 2.34. The number of nitrogens with zero attached hydrogens (tertiary/aromatic N) is 1. The molecule has 1 aliphatic rings. The van der Waals surface area contributed by atoms with Crippen molar-refractivity contribution in [1.29, 1.82) is 0 Å². The molecule has 94 valence electrons. The van der Waals surface area contributed by atoms with E-state index in [0.717, 1.165) is 12.5 Å². The molecule has 1 amide bonds. The Morgan fingerprint density at radius 3 is 2.25 bits per heavy atom. The number of carbonyl (C=O) groups is 1. The second-order valence-electron chi connectivity index (χ2n) is 5.43. The zero-order chi connectivity index (χ0) is 12.3. The Kier molecular flexibility index (Phi) is 4.74. The highest BCUT2D eigenvalue weighted by atomic mass is 16.2. The minimum absolute atomic E-state index is 0.0654. The van der Waals surface area contributed by atoms with E-state index in [0.29, 0.717) is 6.04 Å². The van der Waals surface area contributed by atoms with E-state index in [4.69, 9.17) is 5.84 Å². The van der Waals surface area contributed by atoms with Gasteiger partial charge in [-0.15, -0.1) is 0 Å². The van der Waals surface area contributed by atoms with Crippen LogP contribution >= 0.6 is 0 Å². The predicted octanol–water partition coefficient (Wildman–Crippen LogP) is 1.12. The molecule has 1 atom stereocenters. The van der Waals surface area contributed by atoms with Gasteiger partial charge in [-0.25, -0.2) is 5.84 Å². The second kappa shape index (κ2) is 5.64. The summed E-state index contributed by atoms with van der Waals surface area (Å²) in [7, 11) is 0. The van der Waals surface area contributed by atoms with Gasteiger partial charge in [-0.3, -0.25) is 15.1 Å². The normalized spacial score (nSPS) is 18.2. The van der Waals surface area contributed by atoms with Crippen LogP contribution in [0.1, 0.15) is 40.5 Å². The minimum atomic E-state index is -0.106. The quantitative estimate of drug-likeness (QED) is 0.406. The molecule has 0 aromatic heterocycles. The Morgan fingerprint density at radius 1 is 1.38 bits per heavy atom. The van der Waals surface area contributed by atoms with Crippen LogP contribution in [0.5, 0.6) is 0 Å². The van der Waals surface area contributed by atoms with Crippen LogP contribution in [-0.4, -0.2) is 29.4 Å². The molecule has 16 heavy (non-hydrogen) atoms. The molecule has 0 aromatic carbocycles. The van der Waals surface area contributed by atoms with Gasteiger partial charge in [-0.2, -0.15) is 0 Å². The molecule has 1 saturated carbocycles. The number of hydrogen-bond donors (Lipinski definition) is 2. The van der Waals surface area contributed by atoms with E-state index in [1.807, 2.05) is 0 Å². The van der Waals surface area contributed by atoms with Crippen molar-refractivity contribution in [1.82, 2.24) is 10.3 Å². The molecule has 4 nitrogen and oxygen atoms in total. The minimum Gasteiger partial charge on any atom is -0.293 e. The van der Waals surface area contributed by atoms with Gasteiger partial charge >= 0.3 is 0 Å². The summed E-state index contributed by atoms with van der Waals surface area (Å²) in [6.45, 7) is 9.45. The molecule has 1 aliphatic carbocycles. The Morgan fingerprint density at radius 2 is 1.94 bits per heavy atom. The maximum absolute atomic E-state index is 11.8. The summed E-state index contributed by atoms with van der Waals surface area (Å²) in [6, 6.07) is 0.274. The zero-order valence-corrected chi connectivity index (χ0v) is 10.9. The molecular formula is C12H25N3O. The van der Waals surface area contributed by atoms with Crippen LogP contribution < -0.4 is 11.3 Å². The molecule has 0 spiro atoms. The van der Waals surface area contributed by atoms with Crippen molar-refractivity contribution in [3.8, 4) is 0 Å². The van der Waals surface area contributed by atoms with Crippen molar-refractivity contribution < 1.29 is 4.79 Å². The first-order chi connectivity index (χ1) is 7.47. The van der Waals surface area contributed by atoms with Crippen molar-refractivity contribution in [2.75, 3.05) is 6.54 Å². The lowest BCUT2D eigenvalue weighted by atomic mass is 9.99. The Balaban J connectivity index is 2.72. The van der Waals surface area contributed by atoms with Crippen LogP contribution in [0, 0.1) is 11.8 Å². The molecule has 0 aromatic rings. The number of carbonyl (C=O) groups excluding carboxylic acids is 1. The first-order valence-corrected chi connectivity index (χ1v) is 6.23. The topological polar surface area (TPSA) is 58.4 Å². The number of nitrogens with one attached hydrogen (secondary N) is 1. The fraction of sp³-hybridized carbons (Fsp3) is 0.917. The monoisotopic (exact) mass is 227 g/mol. The van der Waals surface area contributed by atoms with E-state index in [1.54, 1.807) is 0 Å². The summed E-state index contributed by atoms with van der Waals surface area (Å²) in [5.74, 6) is 6.27. The van der Waals surface area contributed by atoms with E-state index >= 15 is 0 Å². The van der Waals surface area contributed by atoms with Crippen molar-refractivity contribution in [2.24, 2.45) is 17.7 Å². The fourth-order valence-corrected chi connectivity index (χ4v) is 2.17. The van der Waals surface area contributed by atoms with Gasteiger partial charge in [0.05, 0.1) is 6.04 Å². The number of amides is 1. The van der Waals surface area contributed by atoms with Crippen molar-refractivity contribution in [3.63, 3.8) is 0 Å². The molecule has 0 aliphatic heterocycles. The summed E-state index contributed by atoms with van der Waals surface area (Å²) in [6.07, 6.45) is 2.61. The van der Waals surface area contributed by atoms with Crippen LogP contribution in [0.2, 0.25) is 0 Å². The largest absolute Gasteiger partial charge is 0.293 e. The van der Waals surface area contributed by atoms with E-state index < -0.39 is 0 Å². The number of nitrogens with two attached hydrogens (primary N) is 1. The summed E-state index contributed by atoms with van der Waals surface area (Å²) in [5, 5.41) is 0. The molecule has 4 heteroatoms. The number of hydrogen-bond acceptors (Lipinski definition) is 3. The first-order valence-electron chi connectivity index (χ1n) is 6.23. The van der Waals surface area contributed by atoms with Crippen molar-refractivity contribution in [2.45, 2.75) is 52.6 Å². The lowest BCUT2D eigenvalue weighted by molar-refractivity contribution is -0.129. The third kappa shape index (κ3) is 3.46. The van der Waals surface area contributed by atoms with Gasteiger partial charge in [0.1, 0.15) is 0 Å². The van der Waals surface area contributed by atoms with Crippen LogP contribution in [0.15, 0.2) is 0 Å². The lowest BCUT2D eigenvalue weighted by Gasteiger charge is -2.36.